The van der Waals surface area contributed by atoms with Crippen molar-refractivity contribution in [3.8, 4) is 0 Å². The summed E-state index contributed by atoms with van der Waals surface area (Å²) in [5, 5.41) is 20.1. The van der Waals surface area contributed by atoms with E-state index < -0.39 is 18.0 Å². The number of hydrogen-bond acceptors (Lipinski definition) is 6. The van der Waals surface area contributed by atoms with Crippen LogP contribution in [0.5, 0.6) is 0 Å². The smallest absolute Gasteiger partial charge is 0.548 e. The molecule has 0 fully saturated rings. The molecule has 1 radical (unpaired) electrons. The zero-order valence-corrected chi connectivity index (χ0v) is 13.2. The van der Waals surface area contributed by atoms with Crippen LogP contribution in [0.15, 0.2) is 48.9 Å². The summed E-state index contributed by atoms with van der Waals surface area (Å²) in [7, 11) is 0. The van der Waals surface area contributed by atoms with Gasteiger partial charge in [0.25, 0.3) is 0 Å². The number of imidazole rings is 1. The summed E-state index contributed by atoms with van der Waals surface area (Å²) in [6.07, 6.45) is 5.62. The van der Waals surface area contributed by atoms with E-state index in [4.69, 9.17) is 5.73 Å². The Kier molecular flexibility index (Phi) is 10.0. The van der Waals surface area contributed by atoms with Crippen molar-refractivity contribution >= 4 is 18.0 Å². The number of aliphatic carboxylic acids is 2. The summed E-state index contributed by atoms with van der Waals surface area (Å²) in [6.45, 7) is 0. The topological polar surface area (TPSA) is 135 Å². The van der Waals surface area contributed by atoms with E-state index in [9.17, 15) is 19.8 Å². The van der Waals surface area contributed by atoms with Gasteiger partial charge in [-0.25, -0.2) is 4.98 Å². The fourth-order valence-electron chi connectivity index (χ4n) is 1.47. The summed E-state index contributed by atoms with van der Waals surface area (Å²) < 4.78 is 0. The van der Waals surface area contributed by atoms with E-state index in [0.717, 1.165) is 11.6 Å². The maximum atomic E-state index is 10.3. The Morgan fingerprint density at radius 1 is 1.26 bits per heavy atom. The van der Waals surface area contributed by atoms with Crippen molar-refractivity contribution < 1.29 is 36.9 Å². The Morgan fingerprint density at radius 2 is 1.91 bits per heavy atom. The van der Waals surface area contributed by atoms with Crippen LogP contribution >= 0.6 is 0 Å². The summed E-state index contributed by atoms with van der Waals surface area (Å²) in [4.78, 5) is 26.5. The molecular formula is C15H15MnN3O4. The zero-order chi connectivity index (χ0) is 16.4. The molecule has 1 heterocycles. The molecule has 0 bridgehead atoms. The van der Waals surface area contributed by atoms with E-state index in [2.05, 4.69) is 9.97 Å². The number of nitrogens with one attached hydrogen (secondary N) is 1. The number of hydrogen-bond donors (Lipinski definition) is 2. The van der Waals surface area contributed by atoms with E-state index >= 15 is 0 Å². The molecule has 0 aliphatic rings. The molecule has 0 aliphatic carbocycles. The van der Waals surface area contributed by atoms with E-state index in [1.54, 1.807) is 0 Å². The van der Waals surface area contributed by atoms with Gasteiger partial charge in [-0.2, -0.15) is 0 Å². The quantitative estimate of drug-likeness (QED) is 0.493. The second-order valence-electron chi connectivity index (χ2n) is 4.27. The van der Waals surface area contributed by atoms with Crippen molar-refractivity contribution in [3.63, 3.8) is 0 Å². The van der Waals surface area contributed by atoms with Crippen LogP contribution in [-0.4, -0.2) is 27.9 Å². The molecule has 1 aromatic carbocycles. The van der Waals surface area contributed by atoms with Gasteiger partial charge in [-0.1, -0.05) is 30.3 Å². The first-order chi connectivity index (χ1) is 10.5. The summed E-state index contributed by atoms with van der Waals surface area (Å²) in [6, 6.07) is 8.32. The van der Waals surface area contributed by atoms with Crippen LogP contribution in [0.3, 0.4) is 0 Å². The number of H-pyrrole nitrogens is 1. The van der Waals surface area contributed by atoms with E-state index in [1.165, 1.54) is 18.6 Å². The van der Waals surface area contributed by atoms with Crippen LogP contribution in [0.1, 0.15) is 11.3 Å². The van der Waals surface area contributed by atoms with Gasteiger partial charge in [0, 0.05) is 6.04 Å². The third-order valence-corrected chi connectivity index (χ3v) is 2.52. The number of aromatic nitrogens is 2. The molecule has 23 heavy (non-hydrogen) atoms. The van der Waals surface area contributed by atoms with Crippen molar-refractivity contribution in [2.45, 2.75) is 12.5 Å². The van der Waals surface area contributed by atoms with E-state index in [0.29, 0.717) is 12.1 Å². The molecule has 7 nitrogen and oxygen atoms in total. The monoisotopic (exact) mass is 356 g/mol. The predicted molar refractivity (Wildman–Crippen MR) is 75.8 cm³/mol. The van der Waals surface area contributed by atoms with Crippen LogP contribution in [0.4, 0.5) is 0 Å². The van der Waals surface area contributed by atoms with E-state index in [-0.39, 0.29) is 17.1 Å². The van der Waals surface area contributed by atoms with Crippen LogP contribution in [0, 0.1) is 0 Å². The molecule has 0 saturated carbocycles. The zero-order valence-electron chi connectivity index (χ0n) is 12.0. The number of nitrogens with zero attached hydrogens (tertiary/aromatic N) is 1. The number of carboxylic acids is 2. The Balaban J connectivity index is 0.000000409. The molecule has 1 aromatic heterocycles. The molecule has 0 amide bonds. The number of carboxylic acid groups (broad SMARTS) is 2. The van der Waals surface area contributed by atoms with Gasteiger partial charge in [0.05, 0.1) is 30.2 Å². The largest absolute Gasteiger partial charge is 2.00 e. The van der Waals surface area contributed by atoms with Crippen molar-refractivity contribution in [1.82, 2.24) is 9.97 Å². The minimum Gasteiger partial charge on any atom is -0.548 e. The molecule has 1 atom stereocenters. The van der Waals surface area contributed by atoms with Crippen LogP contribution in [0.25, 0.3) is 6.08 Å². The average molecular weight is 356 g/mol. The second kappa shape index (κ2) is 11.2. The Labute approximate surface area is 143 Å². The van der Waals surface area contributed by atoms with Crippen LogP contribution in [0.2, 0.25) is 0 Å². The first-order valence-corrected chi connectivity index (χ1v) is 6.37. The fourth-order valence-corrected chi connectivity index (χ4v) is 1.47. The number of aromatic amines is 1. The summed E-state index contributed by atoms with van der Waals surface area (Å²) >= 11 is 0. The van der Waals surface area contributed by atoms with Gasteiger partial charge < -0.3 is 30.5 Å². The van der Waals surface area contributed by atoms with Gasteiger partial charge in [0.2, 0.25) is 0 Å². The van der Waals surface area contributed by atoms with Crippen LogP contribution in [-0.2, 0) is 33.1 Å². The Morgan fingerprint density at radius 3 is 2.39 bits per heavy atom. The van der Waals surface area contributed by atoms with E-state index in [1.807, 2.05) is 30.3 Å². The number of nitrogens with two attached hydrogens (primary N) is 1. The van der Waals surface area contributed by atoms with Crippen molar-refractivity contribution in [2.75, 3.05) is 0 Å². The molecular weight excluding hydrogens is 341 g/mol. The number of carbonyl (C=O) groups is 2. The Bertz CT molecular complexity index is 615. The maximum absolute atomic E-state index is 10.3. The van der Waals surface area contributed by atoms with Gasteiger partial charge in [-0.3, -0.25) is 0 Å². The maximum Gasteiger partial charge on any atom is 2.00 e. The van der Waals surface area contributed by atoms with Crippen molar-refractivity contribution in [2.24, 2.45) is 5.73 Å². The third kappa shape index (κ3) is 9.26. The molecule has 0 unspecified atom stereocenters. The third-order valence-electron chi connectivity index (χ3n) is 2.52. The molecule has 8 heteroatoms. The molecule has 0 aliphatic heterocycles. The van der Waals surface area contributed by atoms with Crippen LogP contribution < -0.4 is 15.9 Å². The SMILES string of the molecule is N[C@@H](Cc1ccccc1)C(=O)[O-].O=C([O-])C=Cc1cnc[nH]1.[Mn+2]. The Hall–Kier alpha value is -2.41. The van der Waals surface area contributed by atoms with Gasteiger partial charge in [0.1, 0.15) is 0 Å². The standard InChI is InChI=1S/C9H11NO2.C6H6N2O2.Mn/c10-8(9(11)12)6-7-4-2-1-3-5-7;9-6(10)2-1-5-3-7-4-8-5;/h1-5,8H,6,10H2,(H,11,12);1-4H,(H,7,8)(H,9,10);/q;;+2/p-2/t8-;;/m0../s1. The molecule has 3 N–H and O–H groups in total. The van der Waals surface area contributed by atoms with Gasteiger partial charge in [-0.15, -0.1) is 0 Å². The number of benzene rings is 1. The normalized spacial score (nSPS) is 11.0. The first kappa shape index (κ1) is 20.6. The molecule has 121 valence electrons. The summed E-state index contributed by atoms with van der Waals surface area (Å²) in [5.74, 6) is -2.42. The summed E-state index contributed by atoms with van der Waals surface area (Å²) in [5.41, 5.74) is 6.84. The number of rotatable bonds is 5. The number of carbonyl (C=O) groups excluding carboxylic acids is 2. The minimum atomic E-state index is -1.21. The van der Waals surface area contributed by atoms with Gasteiger partial charge in [0.15, 0.2) is 0 Å². The molecule has 2 rings (SSSR count). The molecule has 0 spiro atoms. The first-order valence-electron chi connectivity index (χ1n) is 6.37. The molecule has 2 aromatic rings. The second-order valence-corrected chi connectivity index (χ2v) is 4.27. The van der Waals surface area contributed by atoms with Gasteiger partial charge in [-0.05, 0) is 24.1 Å². The molecule has 0 saturated heterocycles. The predicted octanol–water partition coefficient (Wildman–Crippen LogP) is -1.52. The minimum absolute atomic E-state index is 0. The fraction of sp³-hybridized carbons (Fsp3) is 0.133. The van der Waals surface area contributed by atoms with Crippen molar-refractivity contribution in [3.05, 3.63) is 60.2 Å². The average Bonchev–Trinajstić information content (AvgIpc) is 3.00. The van der Waals surface area contributed by atoms with Gasteiger partial charge >= 0.3 is 17.1 Å². The van der Waals surface area contributed by atoms with Crippen molar-refractivity contribution in [1.29, 1.82) is 0 Å².